The van der Waals surface area contributed by atoms with Gasteiger partial charge in [-0.3, -0.25) is 0 Å². The van der Waals surface area contributed by atoms with Crippen LogP contribution in [0.15, 0.2) is 24.5 Å². The van der Waals surface area contributed by atoms with Crippen molar-refractivity contribution in [1.29, 1.82) is 0 Å². The predicted molar refractivity (Wildman–Crippen MR) is 55.1 cm³/mol. The van der Waals surface area contributed by atoms with Crippen LogP contribution in [0, 0.1) is 0 Å². The molecular weight excluding hydrogens is 174 g/mol. The summed E-state index contributed by atoms with van der Waals surface area (Å²) in [6.45, 7) is 0.514. The molecule has 0 amide bonds. The number of fused-ring (bicyclic) bond motifs is 1. The van der Waals surface area contributed by atoms with Gasteiger partial charge in [0, 0.05) is 18.9 Å². The van der Waals surface area contributed by atoms with E-state index < -0.39 is 0 Å². The minimum Gasteiger partial charge on any atom is -0.325 e. The fraction of sp³-hybridized carbons (Fsp3) is 0.364. The molecule has 2 N–H and O–H groups in total. The molecule has 1 saturated carbocycles. The molecule has 1 fully saturated rings. The smallest absolute Gasteiger partial charge is 0.137 e. The van der Waals surface area contributed by atoms with Gasteiger partial charge in [0.25, 0.3) is 0 Å². The molecule has 3 nitrogen and oxygen atoms in total. The van der Waals surface area contributed by atoms with Crippen LogP contribution in [0.1, 0.15) is 30.0 Å². The Bertz CT molecular complexity index is 468. The van der Waals surface area contributed by atoms with Gasteiger partial charge in [0.1, 0.15) is 5.65 Å². The standard InChI is InChI=1S/C11H13N3/c12-6-10-7-14-4-3-9(8-1-2-8)5-11(14)13-10/h3-5,7-8H,1-2,6,12H2. The zero-order valence-corrected chi connectivity index (χ0v) is 7.98. The first-order valence-corrected chi connectivity index (χ1v) is 5.04. The fourth-order valence-electron chi connectivity index (χ4n) is 1.82. The number of nitrogens with zero attached hydrogens (tertiary/aromatic N) is 2. The SMILES string of the molecule is NCc1cn2ccc(C3CC3)cc2n1. The molecule has 72 valence electrons. The molecule has 2 aromatic heterocycles. The van der Waals surface area contributed by atoms with Crippen LogP contribution in [0.5, 0.6) is 0 Å². The molecule has 1 aliphatic rings. The van der Waals surface area contributed by atoms with Crippen molar-refractivity contribution < 1.29 is 0 Å². The molecule has 0 bridgehead atoms. The molecule has 2 heterocycles. The number of hydrogen-bond donors (Lipinski definition) is 1. The normalized spacial score (nSPS) is 16.4. The Morgan fingerprint density at radius 1 is 1.50 bits per heavy atom. The Kier molecular flexibility index (Phi) is 1.61. The average Bonchev–Trinajstić information content (AvgIpc) is 2.97. The maximum absolute atomic E-state index is 5.55. The molecule has 0 aliphatic heterocycles. The molecule has 0 spiro atoms. The number of imidazole rings is 1. The average molecular weight is 187 g/mol. The van der Waals surface area contributed by atoms with Gasteiger partial charge >= 0.3 is 0 Å². The van der Waals surface area contributed by atoms with Crippen molar-refractivity contribution in [3.8, 4) is 0 Å². The minimum absolute atomic E-state index is 0.514. The summed E-state index contributed by atoms with van der Waals surface area (Å²) >= 11 is 0. The third kappa shape index (κ3) is 1.21. The molecule has 3 rings (SSSR count). The van der Waals surface area contributed by atoms with Gasteiger partial charge in [0.15, 0.2) is 0 Å². The summed E-state index contributed by atoms with van der Waals surface area (Å²) in [5, 5.41) is 0. The third-order valence-electron chi connectivity index (χ3n) is 2.79. The maximum atomic E-state index is 5.55. The Balaban J connectivity index is 2.12. The second-order valence-electron chi connectivity index (χ2n) is 3.94. The quantitative estimate of drug-likeness (QED) is 0.777. The van der Waals surface area contributed by atoms with Crippen molar-refractivity contribution in [1.82, 2.24) is 9.38 Å². The lowest BCUT2D eigenvalue weighted by Gasteiger charge is -1.97. The van der Waals surface area contributed by atoms with Crippen molar-refractivity contribution in [2.75, 3.05) is 0 Å². The van der Waals surface area contributed by atoms with E-state index in [0.717, 1.165) is 17.3 Å². The van der Waals surface area contributed by atoms with E-state index in [4.69, 9.17) is 5.73 Å². The molecular formula is C11H13N3. The summed E-state index contributed by atoms with van der Waals surface area (Å²) < 4.78 is 2.04. The van der Waals surface area contributed by atoms with Gasteiger partial charge in [-0.2, -0.15) is 0 Å². The summed E-state index contributed by atoms with van der Waals surface area (Å²) in [5.41, 5.74) is 8.95. The van der Waals surface area contributed by atoms with E-state index in [1.54, 1.807) is 0 Å². The Morgan fingerprint density at radius 3 is 3.07 bits per heavy atom. The van der Waals surface area contributed by atoms with Crippen molar-refractivity contribution in [3.05, 3.63) is 35.8 Å². The zero-order valence-electron chi connectivity index (χ0n) is 7.98. The summed E-state index contributed by atoms with van der Waals surface area (Å²) in [5.74, 6) is 0.790. The highest BCUT2D eigenvalue weighted by molar-refractivity contribution is 5.44. The minimum atomic E-state index is 0.514. The van der Waals surface area contributed by atoms with E-state index in [9.17, 15) is 0 Å². The molecule has 1 aliphatic carbocycles. The van der Waals surface area contributed by atoms with Crippen LogP contribution in [0.25, 0.3) is 5.65 Å². The van der Waals surface area contributed by atoms with Gasteiger partial charge in [0.05, 0.1) is 5.69 Å². The van der Waals surface area contributed by atoms with Gasteiger partial charge in [-0.1, -0.05) is 0 Å². The lowest BCUT2D eigenvalue weighted by molar-refractivity contribution is 1.02. The fourth-order valence-corrected chi connectivity index (χ4v) is 1.82. The van der Waals surface area contributed by atoms with Crippen molar-refractivity contribution >= 4 is 5.65 Å². The van der Waals surface area contributed by atoms with Gasteiger partial charge in [0.2, 0.25) is 0 Å². The van der Waals surface area contributed by atoms with Crippen molar-refractivity contribution in [2.45, 2.75) is 25.3 Å². The van der Waals surface area contributed by atoms with Crippen molar-refractivity contribution in [3.63, 3.8) is 0 Å². The van der Waals surface area contributed by atoms with E-state index in [0.29, 0.717) is 6.54 Å². The molecule has 0 radical (unpaired) electrons. The molecule has 0 saturated heterocycles. The summed E-state index contributed by atoms with van der Waals surface area (Å²) in [4.78, 5) is 4.44. The van der Waals surface area contributed by atoms with Gasteiger partial charge in [-0.15, -0.1) is 0 Å². The van der Waals surface area contributed by atoms with Crippen LogP contribution >= 0.6 is 0 Å². The highest BCUT2D eigenvalue weighted by Crippen LogP contribution is 2.40. The van der Waals surface area contributed by atoms with Gasteiger partial charge in [-0.25, -0.2) is 4.98 Å². The van der Waals surface area contributed by atoms with Crippen LogP contribution in [-0.4, -0.2) is 9.38 Å². The second kappa shape index (κ2) is 2.82. The molecule has 0 aromatic carbocycles. The van der Waals surface area contributed by atoms with Gasteiger partial charge in [-0.05, 0) is 36.5 Å². The van der Waals surface area contributed by atoms with E-state index >= 15 is 0 Å². The van der Waals surface area contributed by atoms with Crippen LogP contribution in [0.2, 0.25) is 0 Å². The summed E-state index contributed by atoms with van der Waals surface area (Å²) in [7, 11) is 0. The molecule has 0 atom stereocenters. The van der Waals surface area contributed by atoms with Crippen LogP contribution in [0.3, 0.4) is 0 Å². The second-order valence-corrected chi connectivity index (χ2v) is 3.94. The van der Waals surface area contributed by atoms with E-state index in [1.807, 2.05) is 10.6 Å². The van der Waals surface area contributed by atoms with Crippen LogP contribution in [0.4, 0.5) is 0 Å². The molecule has 2 aromatic rings. The van der Waals surface area contributed by atoms with Gasteiger partial charge < -0.3 is 10.1 Å². The molecule has 0 unspecified atom stereocenters. The first-order valence-electron chi connectivity index (χ1n) is 5.04. The zero-order chi connectivity index (χ0) is 9.54. The molecule has 3 heteroatoms. The lowest BCUT2D eigenvalue weighted by Crippen LogP contribution is -1.95. The first-order chi connectivity index (χ1) is 6.86. The predicted octanol–water partition coefficient (Wildman–Crippen LogP) is 1.67. The first kappa shape index (κ1) is 8.00. The number of pyridine rings is 1. The summed E-state index contributed by atoms with van der Waals surface area (Å²) in [6.07, 6.45) is 6.74. The third-order valence-corrected chi connectivity index (χ3v) is 2.79. The maximum Gasteiger partial charge on any atom is 0.137 e. The summed E-state index contributed by atoms with van der Waals surface area (Å²) in [6, 6.07) is 4.36. The monoisotopic (exact) mass is 187 g/mol. The van der Waals surface area contributed by atoms with Crippen molar-refractivity contribution in [2.24, 2.45) is 5.73 Å². The lowest BCUT2D eigenvalue weighted by atomic mass is 10.2. The van der Waals surface area contributed by atoms with Crippen LogP contribution < -0.4 is 5.73 Å². The Morgan fingerprint density at radius 2 is 2.36 bits per heavy atom. The number of rotatable bonds is 2. The van der Waals surface area contributed by atoms with E-state index in [1.165, 1.54) is 18.4 Å². The molecule has 14 heavy (non-hydrogen) atoms. The van der Waals surface area contributed by atoms with E-state index in [-0.39, 0.29) is 0 Å². The highest BCUT2D eigenvalue weighted by Gasteiger charge is 2.23. The Labute approximate surface area is 82.6 Å². The van der Waals surface area contributed by atoms with E-state index in [2.05, 4.69) is 23.3 Å². The number of hydrogen-bond acceptors (Lipinski definition) is 2. The highest BCUT2D eigenvalue weighted by atomic mass is 15.0. The van der Waals surface area contributed by atoms with Crippen LogP contribution in [-0.2, 0) is 6.54 Å². The Hall–Kier alpha value is -1.35. The number of nitrogens with two attached hydrogens (primary N) is 1. The largest absolute Gasteiger partial charge is 0.325 e. The number of aromatic nitrogens is 2. The topological polar surface area (TPSA) is 43.3 Å².